The first-order valence-electron chi connectivity index (χ1n) is 7.92. The summed E-state index contributed by atoms with van der Waals surface area (Å²) in [6.45, 7) is 1.47. The molecule has 138 valence electrons. The van der Waals surface area contributed by atoms with Crippen LogP contribution in [-0.4, -0.2) is 25.7 Å². The number of rotatable bonds is 4. The number of hydrogen-bond donors (Lipinski definition) is 1. The molecule has 0 saturated heterocycles. The SMILES string of the molecule is CC(Cc1nc2c(nc(-c3ccc(Cl)cc3)n2C)c(=O)[nH]1)CC(F)(F)F. The van der Waals surface area contributed by atoms with Gasteiger partial charge in [0.25, 0.3) is 5.56 Å². The van der Waals surface area contributed by atoms with E-state index in [-0.39, 0.29) is 17.8 Å². The fraction of sp³-hybridized carbons (Fsp3) is 0.353. The first-order valence-corrected chi connectivity index (χ1v) is 8.30. The van der Waals surface area contributed by atoms with E-state index in [1.807, 2.05) is 0 Å². The van der Waals surface area contributed by atoms with Crippen LogP contribution in [0.15, 0.2) is 29.1 Å². The van der Waals surface area contributed by atoms with Gasteiger partial charge in [0.15, 0.2) is 11.2 Å². The van der Waals surface area contributed by atoms with E-state index in [1.165, 1.54) is 6.92 Å². The van der Waals surface area contributed by atoms with E-state index in [1.54, 1.807) is 35.9 Å². The summed E-state index contributed by atoms with van der Waals surface area (Å²) in [4.78, 5) is 23.5. The maximum absolute atomic E-state index is 12.5. The van der Waals surface area contributed by atoms with Crippen LogP contribution >= 0.6 is 11.6 Å². The number of aryl methyl sites for hydroxylation is 1. The largest absolute Gasteiger partial charge is 0.389 e. The summed E-state index contributed by atoms with van der Waals surface area (Å²) >= 11 is 5.88. The third kappa shape index (κ3) is 3.90. The van der Waals surface area contributed by atoms with Crippen LogP contribution in [-0.2, 0) is 13.5 Å². The normalized spacial score (nSPS) is 13.3. The number of nitrogens with zero attached hydrogens (tertiary/aromatic N) is 3. The maximum Gasteiger partial charge on any atom is 0.389 e. The topological polar surface area (TPSA) is 63.6 Å². The number of aromatic nitrogens is 4. The third-order valence-electron chi connectivity index (χ3n) is 4.00. The predicted octanol–water partition coefficient (Wildman–Crippen LogP) is 4.11. The summed E-state index contributed by atoms with van der Waals surface area (Å²) in [6.07, 6.45) is -5.17. The lowest BCUT2D eigenvalue weighted by Crippen LogP contribution is -2.18. The van der Waals surface area contributed by atoms with Gasteiger partial charge in [0.2, 0.25) is 0 Å². The number of benzene rings is 1. The molecule has 0 amide bonds. The molecule has 1 atom stereocenters. The van der Waals surface area contributed by atoms with E-state index in [2.05, 4.69) is 15.0 Å². The van der Waals surface area contributed by atoms with Crippen LogP contribution < -0.4 is 5.56 Å². The van der Waals surface area contributed by atoms with Crippen molar-refractivity contribution < 1.29 is 13.2 Å². The van der Waals surface area contributed by atoms with Crippen molar-refractivity contribution in [2.24, 2.45) is 13.0 Å². The lowest BCUT2D eigenvalue weighted by molar-refractivity contribution is -0.143. The number of imidazole rings is 1. The molecule has 26 heavy (non-hydrogen) atoms. The molecule has 1 unspecified atom stereocenters. The summed E-state index contributed by atoms with van der Waals surface area (Å²) in [5.41, 5.74) is 0.749. The summed E-state index contributed by atoms with van der Waals surface area (Å²) in [5.74, 6) is 0.0413. The van der Waals surface area contributed by atoms with E-state index in [4.69, 9.17) is 11.6 Å². The highest BCUT2D eigenvalue weighted by Crippen LogP contribution is 2.26. The fourth-order valence-corrected chi connectivity index (χ4v) is 2.99. The Balaban J connectivity index is 1.99. The van der Waals surface area contributed by atoms with Gasteiger partial charge in [-0.3, -0.25) is 4.79 Å². The van der Waals surface area contributed by atoms with E-state index >= 15 is 0 Å². The summed E-state index contributed by atoms with van der Waals surface area (Å²) in [7, 11) is 1.70. The molecule has 9 heteroatoms. The Labute approximate surface area is 151 Å². The molecule has 2 heterocycles. The number of H-pyrrole nitrogens is 1. The van der Waals surface area contributed by atoms with Crippen molar-refractivity contribution in [3.05, 3.63) is 45.5 Å². The molecule has 0 aliphatic rings. The smallest absolute Gasteiger partial charge is 0.312 e. The van der Waals surface area contributed by atoms with Crippen molar-refractivity contribution in [2.45, 2.75) is 25.9 Å². The second-order valence-electron chi connectivity index (χ2n) is 6.31. The van der Waals surface area contributed by atoms with Gasteiger partial charge in [-0.05, 0) is 30.2 Å². The van der Waals surface area contributed by atoms with Gasteiger partial charge in [-0.1, -0.05) is 18.5 Å². The standard InChI is InChI=1S/C17H16ClF3N4O/c1-9(8-17(19,20)21)7-12-22-15-13(16(26)23-12)24-14(25(15)2)10-3-5-11(18)6-4-10/h3-6,9H,7-8H2,1-2H3,(H,22,23,26). The number of fused-ring (bicyclic) bond motifs is 1. The van der Waals surface area contributed by atoms with Crippen molar-refractivity contribution in [3.8, 4) is 11.4 Å². The Morgan fingerprint density at radius 2 is 1.88 bits per heavy atom. The van der Waals surface area contributed by atoms with Crippen LogP contribution in [0.2, 0.25) is 5.02 Å². The van der Waals surface area contributed by atoms with Gasteiger partial charge >= 0.3 is 6.18 Å². The van der Waals surface area contributed by atoms with Gasteiger partial charge in [-0.2, -0.15) is 13.2 Å². The minimum atomic E-state index is -4.25. The number of hydrogen-bond acceptors (Lipinski definition) is 3. The van der Waals surface area contributed by atoms with Gasteiger partial charge in [-0.25, -0.2) is 9.97 Å². The zero-order valence-electron chi connectivity index (χ0n) is 14.1. The Morgan fingerprint density at radius 3 is 2.50 bits per heavy atom. The molecule has 1 N–H and O–H groups in total. The monoisotopic (exact) mass is 384 g/mol. The quantitative estimate of drug-likeness (QED) is 0.736. The summed E-state index contributed by atoms with van der Waals surface area (Å²) in [5, 5.41) is 0.574. The zero-order chi connectivity index (χ0) is 19.1. The molecular weight excluding hydrogens is 369 g/mol. The van der Waals surface area contributed by atoms with Crippen molar-refractivity contribution in [3.63, 3.8) is 0 Å². The van der Waals surface area contributed by atoms with Gasteiger partial charge in [0.1, 0.15) is 11.6 Å². The summed E-state index contributed by atoms with van der Waals surface area (Å²) in [6, 6.07) is 6.95. The van der Waals surface area contributed by atoms with Crippen molar-refractivity contribution >= 4 is 22.8 Å². The van der Waals surface area contributed by atoms with E-state index in [0.717, 1.165) is 5.56 Å². The lowest BCUT2D eigenvalue weighted by atomic mass is 10.0. The van der Waals surface area contributed by atoms with Crippen molar-refractivity contribution in [1.82, 2.24) is 19.5 Å². The van der Waals surface area contributed by atoms with Crippen LogP contribution in [0.5, 0.6) is 0 Å². The molecule has 0 radical (unpaired) electrons. The first-order chi connectivity index (χ1) is 12.1. The minimum Gasteiger partial charge on any atom is -0.312 e. The molecule has 0 aliphatic carbocycles. The van der Waals surface area contributed by atoms with E-state index in [9.17, 15) is 18.0 Å². The van der Waals surface area contributed by atoms with E-state index in [0.29, 0.717) is 16.5 Å². The van der Waals surface area contributed by atoms with Crippen molar-refractivity contribution in [1.29, 1.82) is 0 Å². The van der Waals surface area contributed by atoms with E-state index < -0.39 is 24.1 Å². The Hall–Kier alpha value is -2.35. The first kappa shape index (κ1) is 18.4. The summed E-state index contributed by atoms with van der Waals surface area (Å²) < 4.78 is 39.2. The minimum absolute atomic E-state index is 0.0200. The second kappa shape index (κ2) is 6.75. The highest BCUT2D eigenvalue weighted by atomic mass is 35.5. The van der Waals surface area contributed by atoms with Crippen LogP contribution in [0.25, 0.3) is 22.6 Å². The average molecular weight is 385 g/mol. The number of halogens is 4. The zero-order valence-corrected chi connectivity index (χ0v) is 14.8. The number of nitrogens with one attached hydrogen (secondary N) is 1. The molecule has 0 saturated carbocycles. The molecule has 0 aliphatic heterocycles. The second-order valence-corrected chi connectivity index (χ2v) is 6.75. The number of aromatic amines is 1. The average Bonchev–Trinajstić information content (AvgIpc) is 2.84. The molecule has 2 aromatic heterocycles. The van der Waals surface area contributed by atoms with Crippen LogP contribution in [0.3, 0.4) is 0 Å². The molecule has 1 aromatic carbocycles. The molecule has 0 bridgehead atoms. The van der Waals surface area contributed by atoms with Gasteiger partial charge in [0.05, 0.1) is 0 Å². The van der Waals surface area contributed by atoms with Gasteiger partial charge in [0, 0.05) is 30.5 Å². The fourth-order valence-electron chi connectivity index (χ4n) is 2.87. The highest BCUT2D eigenvalue weighted by Gasteiger charge is 2.30. The molecule has 3 rings (SSSR count). The third-order valence-corrected chi connectivity index (χ3v) is 4.25. The Kier molecular flexibility index (Phi) is 4.79. The Bertz CT molecular complexity index is 992. The molecule has 3 aromatic rings. The van der Waals surface area contributed by atoms with Gasteiger partial charge < -0.3 is 9.55 Å². The van der Waals surface area contributed by atoms with Crippen LogP contribution in [0, 0.1) is 5.92 Å². The Morgan fingerprint density at radius 1 is 1.23 bits per heavy atom. The van der Waals surface area contributed by atoms with Crippen LogP contribution in [0.4, 0.5) is 13.2 Å². The predicted molar refractivity (Wildman–Crippen MR) is 93.1 cm³/mol. The van der Waals surface area contributed by atoms with Gasteiger partial charge in [-0.15, -0.1) is 0 Å². The molecule has 0 spiro atoms. The van der Waals surface area contributed by atoms with Crippen molar-refractivity contribution in [2.75, 3.05) is 0 Å². The maximum atomic E-state index is 12.5. The molecule has 0 fully saturated rings. The number of alkyl halides is 3. The lowest BCUT2D eigenvalue weighted by Gasteiger charge is -2.13. The highest BCUT2D eigenvalue weighted by molar-refractivity contribution is 6.30. The molecule has 5 nitrogen and oxygen atoms in total. The molecular formula is C17H16ClF3N4O. The van der Waals surface area contributed by atoms with Crippen LogP contribution in [0.1, 0.15) is 19.2 Å².